The van der Waals surface area contributed by atoms with Gasteiger partial charge in [-0.2, -0.15) is 0 Å². The number of nitrogens with one attached hydrogen (secondary N) is 1. The molecule has 64 valence electrons. The van der Waals surface area contributed by atoms with Gasteiger partial charge in [0, 0.05) is 6.54 Å². The molecular weight excluding hydrogens is 138 g/mol. The maximum atomic E-state index is 5.36. The highest BCUT2D eigenvalue weighted by atomic mass is 16.5. The molecule has 1 rings (SSSR count). The molecule has 0 amide bonds. The van der Waals surface area contributed by atoms with Crippen LogP contribution >= 0.6 is 0 Å². The van der Waals surface area contributed by atoms with Crippen molar-refractivity contribution in [2.75, 3.05) is 26.3 Å². The molecule has 2 nitrogen and oxygen atoms in total. The first-order valence-electron chi connectivity index (χ1n) is 4.33. The summed E-state index contributed by atoms with van der Waals surface area (Å²) >= 11 is 0. The van der Waals surface area contributed by atoms with Crippen LogP contribution < -0.4 is 5.32 Å². The van der Waals surface area contributed by atoms with Crippen molar-refractivity contribution < 1.29 is 4.74 Å². The first kappa shape index (κ1) is 8.75. The van der Waals surface area contributed by atoms with Crippen LogP contribution in [0.5, 0.6) is 0 Å². The van der Waals surface area contributed by atoms with Crippen molar-refractivity contribution in [2.24, 2.45) is 5.92 Å². The first-order valence-corrected chi connectivity index (χ1v) is 4.33. The minimum atomic E-state index is 0.691. The number of piperidine rings is 1. The lowest BCUT2D eigenvalue weighted by atomic mass is 10.0. The molecule has 0 aromatic rings. The van der Waals surface area contributed by atoms with Crippen LogP contribution in [0.3, 0.4) is 0 Å². The Bertz CT molecular complexity index is 108. The monoisotopic (exact) mass is 155 g/mol. The van der Waals surface area contributed by atoms with Gasteiger partial charge in [0.1, 0.15) is 0 Å². The highest BCUT2D eigenvalue weighted by molar-refractivity contribution is 4.70. The molecule has 1 aliphatic heterocycles. The molecule has 0 aliphatic carbocycles. The Morgan fingerprint density at radius 2 is 2.55 bits per heavy atom. The van der Waals surface area contributed by atoms with Crippen LogP contribution in [0.1, 0.15) is 12.8 Å². The van der Waals surface area contributed by atoms with Gasteiger partial charge < -0.3 is 10.1 Å². The van der Waals surface area contributed by atoms with Crippen molar-refractivity contribution in [3.63, 3.8) is 0 Å². The zero-order chi connectivity index (χ0) is 7.94. The van der Waals surface area contributed by atoms with Gasteiger partial charge in [-0.15, -0.1) is 6.58 Å². The number of rotatable bonds is 4. The molecule has 1 unspecified atom stereocenters. The van der Waals surface area contributed by atoms with Crippen LogP contribution in [0.4, 0.5) is 0 Å². The molecule has 11 heavy (non-hydrogen) atoms. The molecule has 0 spiro atoms. The molecular formula is C9H17NO. The zero-order valence-corrected chi connectivity index (χ0v) is 7.01. The molecule has 0 saturated carbocycles. The third-order valence-electron chi connectivity index (χ3n) is 1.99. The van der Waals surface area contributed by atoms with E-state index in [2.05, 4.69) is 11.9 Å². The largest absolute Gasteiger partial charge is 0.377 e. The SMILES string of the molecule is C=CCOCC1CCCNC1. The van der Waals surface area contributed by atoms with Crippen molar-refractivity contribution in [3.05, 3.63) is 12.7 Å². The van der Waals surface area contributed by atoms with E-state index >= 15 is 0 Å². The van der Waals surface area contributed by atoms with Crippen LogP contribution in [0.15, 0.2) is 12.7 Å². The second-order valence-corrected chi connectivity index (χ2v) is 3.04. The van der Waals surface area contributed by atoms with Gasteiger partial charge in [0.15, 0.2) is 0 Å². The van der Waals surface area contributed by atoms with Gasteiger partial charge in [-0.25, -0.2) is 0 Å². The number of ether oxygens (including phenoxy) is 1. The molecule has 0 aromatic carbocycles. The third kappa shape index (κ3) is 3.54. The Kier molecular flexibility index (Phi) is 4.24. The summed E-state index contributed by atoms with van der Waals surface area (Å²) in [6.07, 6.45) is 4.41. The Balaban J connectivity index is 2.00. The lowest BCUT2D eigenvalue weighted by Crippen LogP contribution is -2.32. The van der Waals surface area contributed by atoms with E-state index < -0.39 is 0 Å². The predicted octanol–water partition coefficient (Wildman–Crippen LogP) is 1.19. The lowest BCUT2D eigenvalue weighted by molar-refractivity contribution is 0.111. The average Bonchev–Trinajstić information content (AvgIpc) is 2.07. The van der Waals surface area contributed by atoms with Crippen LogP contribution in [-0.2, 0) is 4.74 Å². The molecule has 0 aromatic heterocycles. The second kappa shape index (κ2) is 5.33. The summed E-state index contributed by atoms with van der Waals surface area (Å²) in [6, 6.07) is 0. The normalized spacial score (nSPS) is 24.9. The van der Waals surface area contributed by atoms with Crippen molar-refractivity contribution in [3.8, 4) is 0 Å². The Hall–Kier alpha value is -0.340. The molecule has 0 radical (unpaired) electrons. The fourth-order valence-corrected chi connectivity index (χ4v) is 1.38. The Labute approximate surface area is 68.6 Å². The molecule has 1 saturated heterocycles. The van der Waals surface area contributed by atoms with E-state index in [4.69, 9.17) is 4.74 Å². The van der Waals surface area contributed by atoms with Crippen molar-refractivity contribution in [2.45, 2.75) is 12.8 Å². The summed E-state index contributed by atoms with van der Waals surface area (Å²) in [5, 5.41) is 3.36. The molecule has 1 heterocycles. The fraction of sp³-hybridized carbons (Fsp3) is 0.778. The van der Waals surface area contributed by atoms with Crippen molar-refractivity contribution >= 4 is 0 Å². The van der Waals surface area contributed by atoms with Crippen LogP contribution in [0.2, 0.25) is 0 Å². The Morgan fingerprint density at radius 3 is 3.18 bits per heavy atom. The minimum Gasteiger partial charge on any atom is -0.377 e. The first-order chi connectivity index (χ1) is 5.43. The van der Waals surface area contributed by atoms with Gasteiger partial charge >= 0.3 is 0 Å². The van der Waals surface area contributed by atoms with Crippen molar-refractivity contribution in [1.29, 1.82) is 0 Å². The highest BCUT2D eigenvalue weighted by Crippen LogP contribution is 2.09. The highest BCUT2D eigenvalue weighted by Gasteiger charge is 2.11. The fourth-order valence-electron chi connectivity index (χ4n) is 1.38. The number of hydrogen-bond acceptors (Lipinski definition) is 2. The Morgan fingerprint density at radius 1 is 1.64 bits per heavy atom. The smallest absolute Gasteiger partial charge is 0.0644 e. The third-order valence-corrected chi connectivity index (χ3v) is 1.99. The van der Waals surface area contributed by atoms with E-state index in [0.29, 0.717) is 6.61 Å². The summed E-state index contributed by atoms with van der Waals surface area (Å²) < 4.78 is 5.36. The van der Waals surface area contributed by atoms with Crippen LogP contribution in [-0.4, -0.2) is 26.3 Å². The molecule has 0 bridgehead atoms. The van der Waals surface area contributed by atoms with Crippen LogP contribution in [0.25, 0.3) is 0 Å². The number of hydrogen-bond donors (Lipinski definition) is 1. The van der Waals surface area contributed by atoms with E-state index in [1.807, 2.05) is 0 Å². The quantitative estimate of drug-likeness (QED) is 0.486. The maximum Gasteiger partial charge on any atom is 0.0644 e. The van der Waals surface area contributed by atoms with Gasteiger partial charge in [-0.1, -0.05) is 6.08 Å². The topological polar surface area (TPSA) is 21.3 Å². The summed E-state index contributed by atoms with van der Waals surface area (Å²) in [6.45, 7) is 7.48. The molecule has 1 fully saturated rings. The minimum absolute atomic E-state index is 0.691. The van der Waals surface area contributed by atoms with Gasteiger partial charge in [-0.3, -0.25) is 0 Å². The summed E-state index contributed by atoms with van der Waals surface area (Å²) in [7, 11) is 0. The van der Waals surface area contributed by atoms with Gasteiger partial charge in [0.25, 0.3) is 0 Å². The standard InChI is InChI=1S/C9H17NO/c1-2-6-11-8-9-4-3-5-10-7-9/h2,9-10H,1,3-8H2. The van der Waals surface area contributed by atoms with E-state index in [1.54, 1.807) is 6.08 Å². The average molecular weight is 155 g/mol. The van der Waals surface area contributed by atoms with Gasteiger partial charge in [-0.05, 0) is 25.3 Å². The summed E-state index contributed by atoms with van der Waals surface area (Å²) in [5.74, 6) is 0.726. The van der Waals surface area contributed by atoms with E-state index in [9.17, 15) is 0 Å². The summed E-state index contributed by atoms with van der Waals surface area (Å²) in [5.41, 5.74) is 0. The maximum absolute atomic E-state index is 5.36. The summed E-state index contributed by atoms with van der Waals surface area (Å²) in [4.78, 5) is 0. The van der Waals surface area contributed by atoms with E-state index in [1.165, 1.54) is 19.4 Å². The van der Waals surface area contributed by atoms with E-state index in [0.717, 1.165) is 19.1 Å². The van der Waals surface area contributed by atoms with E-state index in [-0.39, 0.29) is 0 Å². The molecule has 2 heteroatoms. The predicted molar refractivity (Wildman–Crippen MR) is 46.6 cm³/mol. The van der Waals surface area contributed by atoms with Crippen LogP contribution in [0, 0.1) is 5.92 Å². The lowest BCUT2D eigenvalue weighted by Gasteiger charge is -2.21. The molecule has 1 atom stereocenters. The van der Waals surface area contributed by atoms with Gasteiger partial charge in [0.2, 0.25) is 0 Å². The molecule has 1 N–H and O–H groups in total. The second-order valence-electron chi connectivity index (χ2n) is 3.04. The van der Waals surface area contributed by atoms with Gasteiger partial charge in [0.05, 0.1) is 13.2 Å². The molecule has 1 aliphatic rings. The van der Waals surface area contributed by atoms with Crippen molar-refractivity contribution in [1.82, 2.24) is 5.32 Å². The zero-order valence-electron chi connectivity index (χ0n) is 7.01.